The Hall–Kier alpha value is -2.96. The highest BCUT2D eigenvalue weighted by molar-refractivity contribution is 5.95. The van der Waals surface area contributed by atoms with E-state index in [0.717, 1.165) is 62.4 Å². The van der Waals surface area contributed by atoms with E-state index < -0.39 is 0 Å². The number of carbonyl (C=O) groups excluding carboxylic acids is 2. The van der Waals surface area contributed by atoms with E-state index in [1.54, 1.807) is 0 Å². The van der Waals surface area contributed by atoms with Crippen molar-refractivity contribution in [2.24, 2.45) is 0 Å². The average Bonchev–Trinajstić information content (AvgIpc) is 3.45. The van der Waals surface area contributed by atoms with Gasteiger partial charge in [-0.1, -0.05) is 12.1 Å². The summed E-state index contributed by atoms with van der Waals surface area (Å²) in [6, 6.07) is 9.73. The normalized spacial score (nSPS) is 16.3. The van der Waals surface area contributed by atoms with Gasteiger partial charge in [0.2, 0.25) is 5.91 Å². The van der Waals surface area contributed by atoms with Crippen molar-refractivity contribution in [3.05, 3.63) is 42.2 Å². The molecule has 2 aromatic rings. The molecule has 0 radical (unpaired) electrons. The number of anilines is 1. The van der Waals surface area contributed by atoms with Crippen LogP contribution in [0.25, 0.3) is 11.3 Å². The van der Waals surface area contributed by atoms with Crippen molar-refractivity contribution in [1.82, 2.24) is 20.2 Å². The Morgan fingerprint density at radius 3 is 2.71 bits per heavy atom. The minimum absolute atomic E-state index is 0.0180. The topological polar surface area (TPSA) is 87.2 Å². The Morgan fingerprint density at radius 2 is 2.00 bits per heavy atom. The highest BCUT2D eigenvalue weighted by Crippen LogP contribution is 2.21. The van der Waals surface area contributed by atoms with Gasteiger partial charge in [0.05, 0.1) is 5.69 Å². The predicted octanol–water partition coefficient (Wildman–Crippen LogP) is 2.46. The molecule has 1 aliphatic carbocycles. The van der Waals surface area contributed by atoms with Crippen LogP contribution in [-0.2, 0) is 4.79 Å². The van der Waals surface area contributed by atoms with Crippen molar-refractivity contribution < 1.29 is 9.59 Å². The quantitative estimate of drug-likeness (QED) is 0.688. The highest BCUT2D eigenvalue weighted by atomic mass is 16.2. The molecule has 146 valence electrons. The van der Waals surface area contributed by atoms with Crippen LogP contribution < -0.4 is 10.6 Å². The molecule has 4 rings (SSSR count). The number of nitrogens with zero attached hydrogens (tertiary/aromatic N) is 3. The molecule has 1 aliphatic heterocycles. The molecule has 2 aliphatic rings. The van der Waals surface area contributed by atoms with Crippen molar-refractivity contribution in [2.45, 2.75) is 38.1 Å². The summed E-state index contributed by atoms with van der Waals surface area (Å²) >= 11 is 0. The summed E-state index contributed by atoms with van der Waals surface area (Å²) in [5.74, 6) is 1.00. The molecule has 0 spiro atoms. The van der Waals surface area contributed by atoms with Crippen LogP contribution in [0.5, 0.6) is 0 Å². The molecule has 1 aromatic heterocycles. The molecule has 7 heteroatoms. The first-order valence-corrected chi connectivity index (χ1v) is 9.94. The van der Waals surface area contributed by atoms with Crippen LogP contribution >= 0.6 is 0 Å². The third-order valence-corrected chi connectivity index (χ3v) is 5.10. The smallest absolute Gasteiger partial charge is 0.251 e. The molecule has 7 nitrogen and oxygen atoms in total. The zero-order valence-electron chi connectivity index (χ0n) is 15.9. The van der Waals surface area contributed by atoms with E-state index in [9.17, 15) is 9.59 Å². The largest absolute Gasteiger partial charge is 0.370 e. The van der Waals surface area contributed by atoms with E-state index in [1.165, 1.54) is 6.33 Å². The maximum absolute atomic E-state index is 12.1. The Bertz CT molecular complexity index is 848. The lowest BCUT2D eigenvalue weighted by molar-refractivity contribution is -0.127. The standard InChI is InChI=1S/C21H25N5O2/c27-20-3-1-11-26(20)12-2-10-22-19-13-18(23-14-24-19)15-4-6-16(7-5-15)21(28)25-17-8-9-17/h4-7,13-14,17H,1-3,8-12H2,(H,25,28)(H,22,23,24). The molecule has 2 amide bonds. The van der Waals surface area contributed by atoms with Gasteiger partial charge in [0.15, 0.2) is 0 Å². The Labute approximate surface area is 164 Å². The second-order valence-electron chi connectivity index (χ2n) is 7.38. The first-order valence-electron chi connectivity index (χ1n) is 9.94. The van der Waals surface area contributed by atoms with E-state index in [4.69, 9.17) is 0 Å². The van der Waals surface area contributed by atoms with Crippen LogP contribution in [0.2, 0.25) is 0 Å². The van der Waals surface area contributed by atoms with Crippen LogP contribution in [0.3, 0.4) is 0 Å². The zero-order chi connectivity index (χ0) is 19.3. The van der Waals surface area contributed by atoms with Gasteiger partial charge in [0.1, 0.15) is 12.1 Å². The second-order valence-corrected chi connectivity index (χ2v) is 7.38. The Kier molecular flexibility index (Phi) is 5.50. The molecule has 1 aromatic carbocycles. The number of hydrogen-bond donors (Lipinski definition) is 2. The molecular formula is C21H25N5O2. The van der Waals surface area contributed by atoms with E-state index >= 15 is 0 Å². The van der Waals surface area contributed by atoms with E-state index in [-0.39, 0.29) is 11.8 Å². The highest BCUT2D eigenvalue weighted by Gasteiger charge is 2.23. The van der Waals surface area contributed by atoms with E-state index in [2.05, 4.69) is 20.6 Å². The number of benzene rings is 1. The minimum atomic E-state index is -0.0180. The fourth-order valence-electron chi connectivity index (χ4n) is 3.33. The third-order valence-electron chi connectivity index (χ3n) is 5.10. The molecule has 0 unspecified atom stereocenters. The van der Waals surface area contributed by atoms with Crippen LogP contribution in [0.4, 0.5) is 5.82 Å². The number of likely N-dealkylation sites (tertiary alicyclic amines) is 1. The second kappa shape index (κ2) is 8.37. The van der Waals surface area contributed by atoms with Gasteiger partial charge in [-0.3, -0.25) is 9.59 Å². The van der Waals surface area contributed by atoms with Crippen molar-refractivity contribution in [2.75, 3.05) is 25.0 Å². The molecular weight excluding hydrogens is 354 g/mol. The van der Waals surface area contributed by atoms with E-state index in [1.807, 2.05) is 35.2 Å². The average molecular weight is 379 g/mol. The van der Waals surface area contributed by atoms with Crippen molar-refractivity contribution in [3.8, 4) is 11.3 Å². The summed E-state index contributed by atoms with van der Waals surface area (Å²) < 4.78 is 0. The fraction of sp³-hybridized carbons (Fsp3) is 0.429. The molecule has 28 heavy (non-hydrogen) atoms. The summed E-state index contributed by atoms with van der Waals surface area (Å²) in [5, 5.41) is 6.29. The maximum Gasteiger partial charge on any atom is 0.251 e. The van der Waals surface area contributed by atoms with Gasteiger partial charge >= 0.3 is 0 Å². The molecule has 2 fully saturated rings. The molecule has 2 N–H and O–H groups in total. The summed E-state index contributed by atoms with van der Waals surface area (Å²) in [5.41, 5.74) is 2.41. The molecule has 1 saturated heterocycles. The van der Waals surface area contributed by atoms with Gasteiger partial charge in [0.25, 0.3) is 5.91 Å². The van der Waals surface area contributed by atoms with Gasteiger partial charge in [0, 0.05) is 49.3 Å². The number of aromatic nitrogens is 2. The van der Waals surface area contributed by atoms with Crippen LogP contribution in [0.15, 0.2) is 36.7 Å². The van der Waals surface area contributed by atoms with Crippen molar-refractivity contribution >= 4 is 17.6 Å². The predicted molar refractivity (Wildman–Crippen MR) is 107 cm³/mol. The fourth-order valence-corrected chi connectivity index (χ4v) is 3.33. The first kappa shape index (κ1) is 18.4. The molecule has 0 bridgehead atoms. The van der Waals surface area contributed by atoms with Gasteiger partial charge in [-0.2, -0.15) is 0 Å². The van der Waals surface area contributed by atoms with Gasteiger partial charge in [-0.25, -0.2) is 9.97 Å². The number of rotatable bonds is 8. The van der Waals surface area contributed by atoms with Crippen LogP contribution in [0.1, 0.15) is 42.5 Å². The SMILES string of the molecule is O=C(NC1CC1)c1ccc(-c2cc(NCCCN3CCCC3=O)ncn2)cc1. The Balaban J connectivity index is 1.31. The maximum atomic E-state index is 12.1. The van der Waals surface area contributed by atoms with Gasteiger partial charge < -0.3 is 15.5 Å². The zero-order valence-corrected chi connectivity index (χ0v) is 15.9. The number of nitrogens with one attached hydrogen (secondary N) is 2. The van der Waals surface area contributed by atoms with Crippen LogP contribution in [-0.4, -0.2) is 52.4 Å². The number of hydrogen-bond acceptors (Lipinski definition) is 5. The van der Waals surface area contributed by atoms with Crippen LogP contribution in [0, 0.1) is 0 Å². The van der Waals surface area contributed by atoms with Gasteiger partial charge in [-0.15, -0.1) is 0 Å². The van der Waals surface area contributed by atoms with E-state index in [0.29, 0.717) is 18.0 Å². The summed E-state index contributed by atoms with van der Waals surface area (Å²) in [4.78, 5) is 34.2. The minimum Gasteiger partial charge on any atom is -0.370 e. The molecule has 1 saturated carbocycles. The number of carbonyl (C=O) groups is 2. The molecule has 0 atom stereocenters. The summed E-state index contributed by atoms with van der Waals surface area (Å²) in [6.45, 7) is 2.42. The summed E-state index contributed by atoms with van der Waals surface area (Å²) in [6.07, 6.45) is 6.24. The lowest BCUT2D eigenvalue weighted by Crippen LogP contribution is -2.27. The summed E-state index contributed by atoms with van der Waals surface area (Å²) in [7, 11) is 0. The first-order chi connectivity index (χ1) is 13.7. The van der Waals surface area contributed by atoms with Gasteiger partial charge in [-0.05, 0) is 37.8 Å². The van der Waals surface area contributed by atoms with Crippen molar-refractivity contribution in [3.63, 3.8) is 0 Å². The number of amides is 2. The monoisotopic (exact) mass is 379 g/mol. The lowest BCUT2D eigenvalue weighted by atomic mass is 10.1. The van der Waals surface area contributed by atoms with Crippen molar-refractivity contribution in [1.29, 1.82) is 0 Å². The lowest BCUT2D eigenvalue weighted by Gasteiger charge is -2.15. The molecule has 2 heterocycles. The Morgan fingerprint density at radius 1 is 1.18 bits per heavy atom. The third kappa shape index (κ3) is 4.65.